The number of piperazine rings is 1. The van der Waals surface area contributed by atoms with Gasteiger partial charge >= 0.3 is 12.0 Å². The maximum Gasteiger partial charge on any atom is 0.322 e. The number of rotatable bonds is 8. The summed E-state index contributed by atoms with van der Waals surface area (Å²) in [6.07, 6.45) is 3.57. The molecule has 2 aromatic carbocycles. The molecule has 0 bridgehead atoms. The summed E-state index contributed by atoms with van der Waals surface area (Å²) in [6, 6.07) is 13.0. The topological polar surface area (TPSA) is 117 Å². The second kappa shape index (κ2) is 15.3. The average molecular weight is 789 g/mol. The van der Waals surface area contributed by atoms with Crippen LogP contribution < -0.4 is 5.32 Å². The van der Waals surface area contributed by atoms with Crippen LogP contribution >= 0.6 is 31.9 Å². The van der Waals surface area contributed by atoms with E-state index < -0.39 is 17.9 Å². The number of halogens is 2. The Balaban J connectivity index is 1.12. The first-order valence-electron chi connectivity index (χ1n) is 16.9. The lowest BCUT2D eigenvalue weighted by Gasteiger charge is -2.46. The number of carboxylic acid groups (broad SMARTS) is 1. The van der Waals surface area contributed by atoms with Crippen LogP contribution in [0.15, 0.2) is 51.4 Å². The molecule has 4 heterocycles. The van der Waals surface area contributed by atoms with E-state index in [9.17, 15) is 24.3 Å². The number of likely N-dealkylation sites (tertiary alicyclic amines) is 2. The average Bonchev–Trinajstić information content (AvgIpc) is 3.09. The minimum atomic E-state index is -0.912. The van der Waals surface area contributed by atoms with Crippen LogP contribution in [0.2, 0.25) is 0 Å². The number of para-hydroxylation sites is 1. The lowest BCUT2D eigenvalue weighted by Crippen LogP contribution is -2.62. The van der Waals surface area contributed by atoms with Crippen molar-refractivity contribution in [2.75, 3.05) is 58.2 Å². The first-order chi connectivity index (χ1) is 23.1. The van der Waals surface area contributed by atoms with Crippen molar-refractivity contribution in [3.8, 4) is 0 Å². The molecular formula is C35H44Br2N6O5. The predicted octanol–water partition coefficient (Wildman–Crippen LogP) is 4.49. The number of carbonyl (C=O) groups excluding carboxylic acids is 3. The molecule has 13 heteroatoms. The van der Waals surface area contributed by atoms with E-state index in [2.05, 4.69) is 54.0 Å². The minimum absolute atomic E-state index is 0.0220. The zero-order valence-electron chi connectivity index (χ0n) is 27.3. The van der Waals surface area contributed by atoms with Gasteiger partial charge in [0.2, 0.25) is 11.8 Å². The Morgan fingerprint density at radius 2 is 1.60 bits per heavy atom. The number of hydrogen-bond acceptors (Lipinski definition) is 6. The first-order valence-corrected chi connectivity index (χ1v) is 18.5. The third-order valence-corrected chi connectivity index (χ3v) is 12.4. The van der Waals surface area contributed by atoms with Gasteiger partial charge in [-0.05, 0) is 113 Å². The Morgan fingerprint density at radius 1 is 0.896 bits per heavy atom. The summed E-state index contributed by atoms with van der Waals surface area (Å²) in [5, 5.41) is 13.2. The van der Waals surface area contributed by atoms with Crippen molar-refractivity contribution in [1.29, 1.82) is 0 Å². The zero-order chi connectivity index (χ0) is 33.9. The number of urea groups is 1. The van der Waals surface area contributed by atoms with Gasteiger partial charge in [-0.3, -0.25) is 19.3 Å². The van der Waals surface area contributed by atoms with Crippen molar-refractivity contribution >= 4 is 61.4 Å². The van der Waals surface area contributed by atoms with Gasteiger partial charge in [0.05, 0.1) is 5.92 Å². The number of benzene rings is 2. The van der Waals surface area contributed by atoms with Gasteiger partial charge in [-0.15, -0.1) is 0 Å². The van der Waals surface area contributed by atoms with Crippen LogP contribution in [0.5, 0.6) is 0 Å². The summed E-state index contributed by atoms with van der Waals surface area (Å²) < 4.78 is 1.76. The van der Waals surface area contributed by atoms with Crippen molar-refractivity contribution in [2.24, 2.45) is 5.92 Å². The number of carboxylic acids is 1. The molecule has 2 unspecified atom stereocenters. The van der Waals surface area contributed by atoms with Crippen LogP contribution in [0.3, 0.4) is 0 Å². The molecule has 2 N–H and O–H groups in total. The highest BCUT2D eigenvalue weighted by Crippen LogP contribution is 2.30. The first kappa shape index (κ1) is 34.8. The van der Waals surface area contributed by atoms with Gasteiger partial charge in [0.15, 0.2) is 0 Å². The van der Waals surface area contributed by atoms with Gasteiger partial charge in [-0.25, -0.2) is 4.79 Å². The van der Waals surface area contributed by atoms with Crippen LogP contribution in [0.1, 0.15) is 43.2 Å². The highest BCUT2D eigenvalue weighted by atomic mass is 79.9. The zero-order valence-corrected chi connectivity index (χ0v) is 30.5. The molecule has 11 nitrogen and oxygen atoms in total. The van der Waals surface area contributed by atoms with E-state index in [-0.39, 0.29) is 42.9 Å². The summed E-state index contributed by atoms with van der Waals surface area (Å²) in [7, 11) is 2.08. The largest absolute Gasteiger partial charge is 0.480 e. The lowest BCUT2D eigenvalue weighted by molar-refractivity contribution is -0.153. The number of fused-ring (bicyclic) bond motifs is 1. The summed E-state index contributed by atoms with van der Waals surface area (Å²) in [5.74, 6) is -1.80. The molecule has 258 valence electrons. The van der Waals surface area contributed by atoms with E-state index in [1.165, 1.54) is 0 Å². The molecule has 2 atom stereocenters. The van der Waals surface area contributed by atoms with Crippen LogP contribution in [-0.2, 0) is 27.3 Å². The third kappa shape index (κ3) is 7.90. The van der Waals surface area contributed by atoms with Gasteiger partial charge in [-0.1, -0.05) is 24.3 Å². The maximum absolute atomic E-state index is 14.2. The van der Waals surface area contributed by atoms with Gasteiger partial charge in [-0.2, -0.15) is 0 Å². The number of nitrogens with one attached hydrogen (secondary N) is 1. The highest BCUT2D eigenvalue weighted by Gasteiger charge is 2.41. The molecule has 0 saturated carbocycles. The molecule has 0 aliphatic carbocycles. The second-order valence-electron chi connectivity index (χ2n) is 13.6. The second-order valence-corrected chi connectivity index (χ2v) is 15.3. The summed E-state index contributed by atoms with van der Waals surface area (Å²) in [4.78, 5) is 63.1. The normalized spacial score (nSPS) is 22.3. The Kier molecular flexibility index (Phi) is 11.1. The van der Waals surface area contributed by atoms with Crippen molar-refractivity contribution in [2.45, 2.75) is 63.2 Å². The molecule has 4 aliphatic heterocycles. The quantitative estimate of drug-likeness (QED) is 0.405. The third-order valence-electron chi connectivity index (χ3n) is 10.5. The minimum Gasteiger partial charge on any atom is -0.480 e. The number of nitrogens with zero attached hydrogens (tertiary/aromatic N) is 5. The molecule has 0 radical (unpaired) electrons. The number of amides is 4. The Labute approximate surface area is 298 Å². The van der Waals surface area contributed by atoms with Crippen LogP contribution in [0, 0.1) is 5.92 Å². The molecule has 3 fully saturated rings. The fraction of sp³-hybridized carbons (Fsp3) is 0.543. The molecule has 4 amide bonds. The van der Waals surface area contributed by atoms with Crippen molar-refractivity contribution < 1.29 is 24.3 Å². The van der Waals surface area contributed by atoms with Crippen molar-refractivity contribution in [3.63, 3.8) is 0 Å². The van der Waals surface area contributed by atoms with E-state index >= 15 is 0 Å². The molecule has 0 spiro atoms. The number of carbonyl (C=O) groups is 4. The standard InChI is InChI=1S/C35H44Br2N6O5/c1-39-12-8-26(9-13-39)42-17-16-41(22-31(42)34(46)47)33(45)25(18-23-6-7-28(36)29(37)19-23)20-32(44)40-14-10-27(11-15-40)43-21-24-4-2-3-5-30(24)38-35(43)48/h2-7,19,25-27,31H,8-18,20-22H2,1H3,(H,38,48)(H,46,47). The predicted molar refractivity (Wildman–Crippen MR) is 189 cm³/mol. The lowest BCUT2D eigenvalue weighted by atomic mass is 9.92. The summed E-state index contributed by atoms with van der Waals surface area (Å²) in [5.41, 5.74) is 2.85. The van der Waals surface area contributed by atoms with E-state index in [1.54, 1.807) is 4.90 Å². The molecule has 6 rings (SSSR count). The number of aliphatic carboxylic acids is 1. The Bertz CT molecular complexity index is 1530. The molecule has 2 aromatic rings. The SMILES string of the molecule is CN1CCC(N2CCN(C(=O)C(CC(=O)N3CCC(N4Cc5ccccc5NC4=O)CC3)Cc3ccc(Br)c(Br)c3)CC2C(=O)O)CC1. The highest BCUT2D eigenvalue weighted by molar-refractivity contribution is 9.13. The van der Waals surface area contributed by atoms with E-state index in [1.807, 2.05) is 52.3 Å². The Morgan fingerprint density at radius 3 is 2.31 bits per heavy atom. The number of anilines is 1. The molecule has 3 saturated heterocycles. The molecular weight excluding hydrogens is 744 g/mol. The van der Waals surface area contributed by atoms with Gasteiger partial charge in [0.1, 0.15) is 6.04 Å². The van der Waals surface area contributed by atoms with E-state index in [4.69, 9.17) is 0 Å². The summed E-state index contributed by atoms with van der Waals surface area (Å²) >= 11 is 7.08. The summed E-state index contributed by atoms with van der Waals surface area (Å²) in [6.45, 7) is 4.48. The number of hydrogen-bond donors (Lipinski definition) is 2. The van der Waals surface area contributed by atoms with Crippen LogP contribution in [0.4, 0.5) is 10.5 Å². The molecule has 0 aromatic heterocycles. The molecule has 48 heavy (non-hydrogen) atoms. The van der Waals surface area contributed by atoms with Gasteiger partial charge in [0, 0.05) is 72.4 Å². The number of piperidine rings is 2. The van der Waals surface area contributed by atoms with Crippen LogP contribution in [-0.4, -0.2) is 124 Å². The maximum atomic E-state index is 14.2. The Hall–Kier alpha value is -3.00. The smallest absolute Gasteiger partial charge is 0.322 e. The fourth-order valence-corrected chi connectivity index (χ4v) is 8.39. The monoisotopic (exact) mass is 786 g/mol. The van der Waals surface area contributed by atoms with Crippen molar-refractivity contribution in [3.05, 3.63) is 62.5 Å². The van der Waals surface area contributed by atoms with Gasteiger partial charge < -0.3 is 30.0 Å². The van der Waals surface area contributed by atoms with Crippen LogP contribution in [0.25, 0.3) is 0 Å². The van der Waals surface area contributed by atoms with E-state index in [0.717, 1.165) is 51.7 Å². The fourth-order valence-electron chi connectivity index (χ4n) is 7.72. The molecule has 4 aliphatic rings. The van der Waals surface area contributed by atoms with Gasteiger partial charge in [0.25, 0.3) is 0 Å². The van der Waals surface area contributed by atoms with Crippen molar-refractivity contribution in [1.82, 2.24) is 24.5 Å². The van der Waals surface area contributed by atoms with E-state index in [0.29, 0.717) is 52.0 Å².